The minimum Gasteiger partial charge on any atom is -0.439 e. The lowest BCUT2D eigenvalue weighted by molar-refractivity contribution is -0.119. The number of likely N-dealkylation sites (tertiary alicyclic amines) is 1. The number of nitrogen functional groups attached to an aromatic ring is 1. The topological polar surface area (TPSA) is 84.4 Å². The highest BCUT2D eigenvalue weighted by molar-refractivity contribution is 5.76. The number of hydrogen-bond acceptors (Lipinski definition) is 5. The maximum Gasteiger partial charge on any atom is 0.217 e. The second kappa shape index (κ2) is 5.13. The summed E-state index contributed by atoms with van der Waals surface area (Å²) in [5.74, 6) is 0.711. The maximum atomic E-state index is 11.0. The SMILES string of the molecule is CC(=O)NC1CCN(Cc2nc3ccc(N)cc3o2)C1. The van der Waals surface area contributed by atoms with Crippen molar-refractivity contribution < 1.29 is 9.21 Å². The van der Waals surface area contributed by atoms with Crippen molar-refractivity contribution in [3.05, 3.63) is 24.1 Å². The average Bonchev–Trinajstić information content (AvgIpc) is 2.95. The van der Waals surface area contributed by atoms with E-state index in [0.717, 1.165) is 30.6 Å². The van der Waals surface area contributed by atoms with Gasteiger partial charge in [-0.05, 0) is 18.6 Å². The fraction of sp³-hybridized carbons (Fsp3) is 0.429. The predicted octanol–water partition coefficient (Wildman–Crippen LogP) is 1.12. The number of rotatable bonds is 3. The fourth-order valence-corrected chi connectivity index (χ4v) is 2.63. The Bertz CT molecular complexity index is 637. The zero-order valence-electron chi connectivity index (χ0n) is 11.4. The van der Waals surface area contributed by atoms with E-state index in [4.69, 9.17) is 10.2 Å². The monoisotopic (exact) mass is 274 g/mol. The molecular weight excluding hydrogens is 256 g/mol. The Balaban J connectivity index is 1.66. The van der Waals surface area contributed by atoms with Crippen LogP contribution in [-0.2, 0) is 11.3 Å². The third-order valence-electron chi connectivity index (χ3n) is 3.50. The van der Waals surface area contributed by atoms with Gasteiger partial charge in [0, 0.05) is 37.8 Å². The van der Waals surface area contributed by atoms with E-state index in [9.17, 15) is 4.79 Å². The van der Waals surface area contributed by atoms with Gasteiger partial charge in [0.15, 0.2) is 5.58 Å². The first-order chi connectivity index (χ1) is 9.60. The Hall–Kier alpha value is -2.08. The Morgan fingerprint density at radius 2 is 2.45 bits per heavy atom. The molecular formula is C14H18N4O2. The van der Waals surface area contributed by atoms with Crippen molar-refractivity contribution >= 4 is 22.7 Å². The van der Waals surface area contributed by atoms with Gasteiger partial charge in [-0.1, -0.05) is 0 Å². The number of carbonyl (C=O) groups excluding carboxylic acids is 1. The molecule has 0 aliphatic carbocycles. The lowest BCUT2D eigenvalue weighted by atomic mass is 10.3. The summed E-state index contributed by atoms with van der Waals surface area (Å²) in [6, 6.07) is 5.70. The molecule has 0 radical (unpaired) electrons. The summed E-state index contributed by atoms with van der Waals surface area (Å²) in [6.45, 7) is 3.98. The van der Waals surface area contributed by atoms with Crippen molar-refractivity contribution in [2.45, 2.75) is 25.9 Å². The normalized spacial score (nSPS) is 19.6. The molecule has 2 heterocycles. The minimum atomic E-state index is 0.0224. The molecule has 6 heteroatoms. The third kappa shape index (κ3) is 2.75. The van der Waals surface area contributed by atoms with Gasteiger partial charge in [0.05, 0.1) is 6.54 Å². The van der Waals surface area contributed by atoms with E-state index in [2.05, 4.69) is 15.2 Å². The smallest absolute Gasteiger partial charge is 0.217 e. The van der Waals surface area contributed by atoms with E-state index in [0.29, 0.717) is 18.1 Å². The molecule has 1 aromatic heterocycles. The highest BCUT2D eigenvalue weighted by atomic mass is 16.3. The number of nitrogens with two attached hydrogens (primary N) is 1. The number of hydrogen-bond donors (Lipinski definition) is 2. The number of amides is 1. The van der Waals surface area contributed by atoms with Crippen molar-refractivity contribution in [2.24, 2.45) is 0 Å². The summed E-state index contributed by atoms with van der Waals surface area (Å²) >= 11 is 0. The number of nitrogens with zero attached hydrogens (tertiary/aromatic N) is 2. The van der Waals surface area contributed by atoms with Crippen LogP contribution in [0.2, 0.25) is 0 Å². The molecule has 0 bridgehead atoms. The number of nitrogens with one attached hydrogen (secondary N) is 1. The number of fused-ring (bicyclic) bond motifs is 1. The molecule has 1 amide bonds. The van der Waals surface area contributed by atoms with Crippen LogP contribution in [0.15, 0.2) is 22.6 Å². The number of carbonyl (C=O) groups is 1. The van der Waals surface area contributed by atoms with E-state index in [1.165, 1.54) is 0 Å². The highest BCUT2D eigenvalue weighted by Crippen LogP contribution is 2.20. The summed E-state index contributed by atoms with van der Waals surface area (Å²) < 4.78 is 5.71. The Morgan fingerprint density at radius 1 is 1.60 bits per heavy atom. The van der Waals surface area contributed by atoms with Crippen LogP contribution in [0.3, 0.4) is 0 Å². The molecule has 3 rings (SSSR count). The van der Waals surface area contributed by atoms with Gasteiger partial charge in [0.1, 0.15) is 5.52 Å². The van der Waals surface area contributed by atoms with Crippen molar-refractivity contribution in [1.29, 1.82) is 0 Å². The molecule has 1 unspecified atom stereocenters. The Labute approximate surface area is 116 Å². The first-order valence-corrected chi connectivity index (χ1v) is 6.74. The molecule has 1 saturated heterocycles. The quantitative estimate of drug-likeness (QED) is 0.819. The molecule has 3 N–H and O–H groups in total. The van der Waals surface area contributed by atoms with Crippen LogP contribution in [0.1, 0.15) is 19.2 Å². The average molecular weight is 274 g/mol. The Morgan fingerprint density at radius 3 is 3.25 bits per heavy atom. The van der Waals surface area contributed by atoms with Crippen molar-refractivity contribution in [1.82, 2.24) is 15.2 Å². The standard InChI is InChI=1S/C14H18N4O2/c1-9(19)16-11-4-5-18(7-11)8-14-17-12-3-2-10(15)6-13(12)20-14/h2-3,6,11H,4-5,7-8,15H2,1H3,(H,16,19). The summed E-state index contributed by atoms with van der Waals surface area (Å²) in [5.41, 5.74) is 7.94. The van der Waals surface area contributed by atoms with Gasteiger partial charge in [-0.15, -0.1) is 0 Å². The summed E-state index contributed by atoms with van der Waals surface area (Å²) in [6.07, 6.45) is 0.965. The molecule has 1 fully saturated rings. The van der Waals surface area contributed by atoms with Crippen LogP contribution in [0.4, 0.5) is 5.69 Å². The van der Waals surface area contributed by atoms with Crippen molar-refractivity contribution in [3.63, 3.8) is 0 Å². The second-order valence-electron chi connectivity index (χ2n) is 5.26. The lowest BCUT2D eigenvalue weighted by Crippen LogP contribution is -2.35. The third-order valence-corrected chi connectivity index (χ3v) is 3.50. The van der Waals surface area contributed by atoms with Gasteiger partial charge in [0.2, 0.25) is 11.8 Å². The second-order valence-corrected chi connectivity index (χ2v) is 5.26. The molecule has 2 aromatic rings. The van der Waals surface area contributed by atoms with Gasteiger partial charge in [-0.3, -0.25) is 9.69 Å². The van der Waals surface area contributed by atoms with Crippen LogP contribution >= 0.6 is 0 Å². The summed E-state index contributed by atoms with van der Waals surface area (Å²) in [5, 5.41) is 2.94. The van der Waals surface area contributed by atoms with Crippen LogP contribution in [-0.4, -0.2) is 34.9 Å². The largest absolute Gasteiger partial charge is 0.439 e. The van der Waals surface area contributed by atoms with E-state index < -0.39 is 0 Å². The predicted molar refractivity (Wildman–Crippen MR) is 75.9 cm³/mol. The first-order valence-electron chi connectivity index (χ1n) is 6.74. The molecule has 1 atom stereocenters. The van der Waals surface area contributed by atoms with Crippen LogP contribution in [0.5, 0.6) is 0 Å². The van der Waals surface area contributed by atoms with E-state index in [-0.39, 0.29) is 11.9 Å². The van der Waals surface area contributed by atoms with E-state index in [1.54, 1.807) is 13.0 Å². The van der Waals surface area contributed by atoms with E-state index in [1.807, 2.05) is 12.1 Å². The zero-order valence-corrected chi connectivity index (χ0v) is 11.4. The molecule has 1 aliphatic heterocycles. The number of aromatic nitrogens is 1. The summed E-state index contributed by atoms with van der Waals surface area (Å²) in [4.78, 5) is 17.7. The molecule has 1 aliphatic rings. The first kappa shape index (κ1) is 12.9. The van der Waals surface area contributed by atoms with Gasteiger partial charge < -0.3 is 15.5 Å². The summed E-state index contributed by atoms with van der Waals surface area (Å²) in [7, 11) is 0. The van der Waals surface area contributed by atoms with Crippen LogP contribution < -0.4 is 11.1 Å². The highest BCUT2D eigenvalue weighted by Gasteiger charge is 2.24. The van der Waals surface area contributed by atoms with Gasteiger partial charge in [0.25, 0.3) is 0 Å². The fourth-order valence-electron chi connectivity index (χ4n) is 2.63. The number of benzene rings is 1. The number of oxazole rings is 1. The minimum absolute atomic E-state index is 0.0224. The van der Waals surface area contributed by atoms with Crippen LogP contribution in [0, 0.1) is 0 Å². The zero-order chi connectivity index (χ0) is 14.1. The van der Waals surface area contributed by atoms with E-state index >= 15 is 0 Å². The molecule has 20 heavy (non-hydrogen) atoms. The van der Waals surface area contributed by atoms with Crippen LogP contribution in [0.25, 0.3) is 11.1 Å². The maximum absolute atomic E-state index is 11.0. The molecule has 1 aromatic carbocycles. The van der Waals surface area contributed by atoms with Crippen molar-refractivity contribution in [2.75, 3.05) is 18.8 Å². The molecule has 0 saturated carbocycles. The molecule has 0 spiro atoms. The lowest BCUT2D eigenvalue weighted by Gasteiger charge is -2.13. The Kier molecular flexibility index (Phi) is 3.31. The number of anilines is 1. The molecule has 6 nitrogen and oxygen atoms in total. The molecule has 106 valence electrons. The van der Waals surface area contributed by atoms with Crippen molar-refractivity contribution in [3.8, 4) is 0 Å². The van der Waals surface area contributed by atoms with Gasteiger partial charge >= 0.3 is 0 Å². The van der Waals surface area contributed by atoms with Gasteiger partial charge in [-0.2, -0.15) is 0 Å². The van der Waals surface area contributed by atoms with Gasteiger partial charge in [-0.25, -0.2) is 4.98 Å².